The second kappa shape index (κ2) is 14.2. The minimum absolute atomic E-state index is 0.157. The van der Waals surface area contributed by atoms with Gasteiger partial charge in [0.15, 0.2) is 12.2 Å². The molecule has 0 aliphatic carbocycles. The van der Waals surface area contributed by atoms with Gasteiger partial charge in [0.1, 0.15) is 17.6 Å². The Morgan fingerprint density at radius 1 is 0.821 bits per heavy atom. The van der Waals surface area contributed by atoms with Gasteiger partial charge in [0.05, 0.1) is 24.3 Å². The van der Waals surface area contributed by atoms with Gasteiger partial charge >= 0.3 is 11.9 Å². The van der Waals surface area contributed by atoms with Crippen LogP contribution < -0.4 is 0 Å². The summed E-state index contributed by atoms with van der Waals surface area (Å²) in [6.45, 7) is 1.68. The Labute approximate surface area is 241 Å². The van der Waals surface area contributed by atoms with Crippen LogP contribution in [0.25, 0.3) is 0 Å². The Balaban J connectivity index is 1.67. The molecule has 0 saturated carbocycles. The first-order chi connectivity index (χ1) is 18.9. The van der Waals surface area contributed by atoms with Crippen LogP contribution in [0.2, 0.25) is 10.0 Å². The SMILES string of the molecule is CCS[C@@H]1O[C@H](CO)[C@@H](OCc2ccccc2)[C@H](OC(=O)c2ccc(Cl)cc2)[C@H]1OC(=O)c1ccc(Cl)cc1. The van der Waals surface area contributed by atoms with Crippen molar-refractivity contribution >= 4 is 46.9 Å². The second-order valence-electron chi connectivity index (χ2n) is 8.70. The normalized spacial score (nSPS) is 22.7. The summed E-state index contributed by atoms with van der Waals surface area (Å²) in [5.74, 6) is -0.680. The van der Waals surface area contributed by atoms with Crippen molar-refractivity contribution in [1.29, 1.82) is 0 Å². The molecular formula is C29H28Cl2O7S. The summed E-state index contributed by atoms with van der Waals surface area (Å²) >= 11 is 13.3. The van der Waals surface area contributed by atoms with Gasteiger partial charge in [-0.1, -0.05) is 60.5 Å². The van der Waals surface area contributed by atoms with Crippen LogP contribution in [-0.2, 0) is 25.6 Å². The van der Waals surface area contributed by atoms with E-state index in [4.69, 9.17) is 42.1 Å². The Morgan fingerprint density at radius 2 is 1.36 bits per heavy atom. The van der Waals surface area contributed by atoms with Crippen molar-refractivity contribution in [3.8, 4) is 0 Å². The third-order valence-corrected chi connectivity index (χ3v) is 7.58. The lowest BCUT2D eigenvalue weighted by atomic mass is 9.99. The fourth-order valence-electron chi connectivity index (χ4n) is 4.11. The molecule has 5 atom stereocenters. The number of rotatable bonds is 10. The molecule has 0 unspecified atom stereocenters. The fraction of sp³-hybridized carbons (Fsp3) is 0.310. The zero-order valence-corrected chi connectivity index (χ0v) is 23.4. The van der Waals surface area contributed by atoms with Crippen LogP contribution >= 0.6 is 35.0 Å². The zero-order valence-electron chi connectivity index (χ0n) is 21.1. The Bertz CT molecular complexity index is 1220. The molecule has 0 aromatic heterocycles. The molecule has 1 aliphatic heterocycles. The monoisotopic (exact) mass is 590 g/mol. The molecule has 0 radical (unpaired) electrons. The van der Waals surface area contributed by atoms with E-state index >= 15 is 0 Å². The van der Waals surface area contributed by atoms with Crippen molar-refractivity contribution in [2.45, 2.75) is 43.4 Å². The second-order valence-corrected chi connectivity index (χ2v) is 10.9. The molecule has 1 aliphatic rings. The van der Waals surface area contributed by atoms with Gasteiger partial charge in [0.25, 0.3) is 0 Å². The highest BCUT2D eigenvalue weighted by Gasteiger charge is 2.51. The van der Waals surface area contributed by atoms with Crippen LogP contribution in [-0.4, -0.2) is 59.3 Å². The predicted molar refractivity (Wildman–Crippen MR) is 150 cm³/mol. The van der Waals surface area contributed by atoms with Crippen LogP contribution in [0.15, 0.2) is 78.9 Å². The molecule has 0 spiro atoms. The Kier molecular flexibility index (Phi) is 10.7. The summed E-state index contributed by atoms with van der Waals surface area (Å²) in [6, 6.07) is 21.9. The van der Waals surface area contributed by atoms with E-state index in [0.717, 1.165) is 5.56 Å². The average Bonchev–Trinajstić information content (AvgIpc) is 2.95. The van der Waals surface area contributed by atoms with Crippen molar-refractivity contribution in [2.24, 2.45) is 0 Å². The first kappa shape index (κ1) is 29.4. The Morgan fingerprint density at radius 3 is 1.87 bits per heavy atom. The minimum Gasteiger partial charge on any atom is -0.452 e. The highest BCUT2D eigenvalue weighted by Crippen LogP contribution is 2.35. The first-order valence-corrected chi connectivity index (χ1v) is 14.2. The molecule has 7 nitrogen and oxygen atoms in total. The molecule has 39 heavy (non-hydrogen) atoms. The molecule has 1 fully saturated rings. The quantitative estimate of drug-likeness (QED) is 0.296. The summed E-state index contributed by atoms with van der Waals surface area (Å²) in [6.07, 6.45) is -3.92. The van der Waals surface area contributed by atoms with Gasteiger partial charge in [0, 0.05) is 10.0 Å². The van der Waals surface area contributed by atoms with E-state index < -0.39 is 48.4 Å². The third kappa shape index (κ3) is 7.75. The van der Waals surface area contributed by atoms with Gasteiger partial charge in [-0.25, -0.2) is 9.59 Å². The number of ether oxygens (including phenoxy) is 4. The van der Waals surface area contributed by atoms with E-state index in [2.05, 4.69) is 0 Å². The first-order valence-electron chi connectivity index (χ1n) is 12.4. The van der Waals surface area contributed by atoms with Crippen LogP contribution in [0, 0.1) is 0 Å². The number of thioether (sulfide) groups is 1. The van der Waals surface area contributed by atoms with Crippen molar-refractivity contribution in [1.82, 2.24) is 0 Å². The largest absolute Gasteiger partial charge is 0.452 e. The van der Waals surface area contributed by atoms with Crippen LogP contribution in [0.1, 0.15) is 33.2 Å². The van der Waals surface area contributed by atoms with E-state index in [1.807, 2.05) is 37.3 Å². The fourth-order valence-corrected chi connectivity index (χ4v) is 5.31. The lowest BCUT2D eigenvalue weighted by molar-refractivity contribution is -0.224. The summed E-state index contributed by atoms with van der Waals surface area (Å²) in [7, 11) is 0. The number of carbonyl (C=O) groups is 2. The number of carbonyl (C=O) groups excluding carboxylic acids is 2. The van der Waals surface area contributed by atoms with Crippen molar-refractivity contribution in [3.63, 3.8) is 0 Å². The van der Waals surface area contributed by atoms with Crippen LogP contribution in [0.3, 0.4) is 0 Å². The minimum atomic E-state index is -1.09. The molecular weight excluding hydrogens is 563 g/mol. The highest BCUT2D eigenvalue weighted by molar-refractivity contribution is 7.99. The van der Waals surface area contributed by atoms with Gasteiger partial charge in [-0.2, -0.15) is 0 Å². The van der Waals surface area contributed by atoms with Gasteiger partial charge in [-0.3, -0.25) is 0 Å². The lowest BCUT2D eigenvalue weighted by Gasteiger charge is -2.44. The maximum Gasteiger partial charge on any atom is 0.338 e. The number of hydrogen-bond donors (Lipinski definition) is 1. The number of aliphatic hydroxyl groups excluding tert-OH is 1. The van der Waals surface area contributed by atoms with Crippen molar-refractivity contribution < 1.29 is 33.6 Å². The van der Waals surface area contributed by atoms with Gasteiger partial charge < -0.3 is 24.1 Å². The summed E-state index contributed by atoms with van der Waals surface area (Å²) < 4.78 is 24.3. The van der Waals surface area contributed by atoms with Crippen LogP contribution in [0.4, 0.5) is 0 Å². The third-order valence-electron chi connectivity index (χ3n) is 6.03. The Hall–Kier alpha value is -2.59. The zero-order chi connectivity index (χ0) is 27.8. The number of benzene rings is 3. The number of hydrogen-bond acceptors (Lipinski definition) is 8. The topological polar surface area (TPSA) is 91.3 Å². The van der Waals surface area contributed by atoms with Crippen molar-refractivity contribution in [3.05, 3.63) is 106 Å². The molecule has 3 aromatic carbocycles. The predicted octanol–water partition coefficient (Wildman–Crippen LogP) is 5.80. The van der Waals surface area contributed by atoms with E-state index in [9.17, 15) is 14.7 Å². The molecule has 4 rings (SSSR count). The van der Waals surface area contributed by atoms with E-state index in [1.54, 1.807) is 48.5 Å². The standard InChI is InChI=1S/C29H28Cl2O7S/c1-2-39-29-26(38-28(34)20-10-14-22(31)15-11-20)25(37-27(33)19-8-12-21(30)13-9-19)24(23(16-32)36-29)35-17-18-6-4-3-5-7-18/h3-15,23-26,29,32H,2,16-17H2,1H3/t23-,24-,25+,26-,29+/m1/s1. The summed E-state index contributed by atoms with van der Waals surface area (Å²) in [5.41, 5.74) is 0.670. The molecule has 206 valence electrons. The summed E-state index contributed by atoms with van der Waals surface area (Å²) in [5, 5.41) is 11.2. The van der Waals surface area contributed by atoms with E-state index in [1.165, 1.54) is 11.8 Å². The molecule has 10 heteroatoms. The smallest absolute Gasteiger partial charge is 0.338 e. The van der Waals surface area contributed by atoms with E-state index in [-0.39, 0.29) is 17.7 Å². The van der Waals surface area contributed by atoms with Crippen LogP contribution in [0.5, 0.6) is 0 Å². The number of halogens is 2. The van der Waals surface area contributed by atoms with Gasteiger partial charge in [-0.15, -0.1) is 11.8 Å². The molecule has 1 heterocycles. The maximum atomic E-state index is 13.3. The molecule has 1 N–H and O–H groups in total. The van der Waals surface area contributed by atoms with E-state index in [0.29, 0.717) is 15.8 Å². The lowest BCUT2D eigenvalue weighted by Crippen LogP contribution is -2.61. The van der Waals surface area contributed by atoms with Crippen molar-refractivity contribution in [2.75, 3.05) is 12.4 Å². The number of esters is 2. The highest BCUT2D eigenvalue weighted by atomic mass is 35.5. The maximum absolute atomic E-state index is 13.3. The molecule has 1 saturated heterocycles. The average molecular weight is 592 g/mol. The number of aliphatic hydroxyl groups is 1. The molecule has 3 aromatic rings. The summed E-state index contributed by atoms with van der Waals surface area (Å²) in [4.78, 5) is 26.4. The van der Waals surface area contributed by atoms with Gasteiger partial charge in [0.2, 0.25) is 0 Å². The molecule has 0 amide bonds. The molecule has 0 bridgehead atoms. The van der Waals surface area contributed by atoms with Gasteiger partial charge in [-0.05, 0) is 59.8 Å².